The number of hydrogen-bond donors (Lipinski definition) is 1. The number of carbonyl (C=O) groups is 1. The Labute approximate surface area is 168 Å². The highest BCUT2D eigenvalue weighted by atomic mass is 127. The lowest BCUT2D eigenvalue weighted by Crippen LogP contribution is -2.40. The molecule has 0 aromatic heterocycles. The van der Waals surface area contributed by atoms with Gasteiger partial charge in [-0.2, -0.15) is 0 Å². The number of esters is 1. The van der Waals surface area contributed by atoms with Gasteiger partial charge in [0, 0.05) is 32.2 Å². The first-order valence-electron chi connectivity index (χ1n) is 8.98. The molecule has 1 N–H and O–H groups in total. The second-order valence-corrected chi connectivity index (χ2v) is 5.97. The molecule has 0 spiro atoms. The Balaban J connectivity index is 0.00000312. The van der Waals surface area contributed by atoms with Crippen LogP contribution in [0.5, 0.6) is 0 Å². The van der Waals surface area contributed by atoms with Gasteiger partial charge in [-0.15, -0.1) is 24.0 Å². The van der Waals surface area contributed by atoms with E-state index in [2.05, 4.69) is 39.5 Å². The van der Waals surface area contributed by atoms with Crippen LogP contribution in [0, 0.1) is 0 Å². The smallest absolute Gasteiger partial charge is 0.305 e. The Morgan fingerprint density at radius 2 is 2.00 bits per heavy atom. The van der Waals surface area contributed by atoms with Crippen molar-refractivity contribution in [1.82, 2.24) is 5.32 Å². The number of para-hydroxylation sites is 1. The molecule has 0 bridgehead atoms. The molecule has 0 fully saturated rings. The number of ether oxygens (including phenoxy) is 1. The quantitative estimate of drug-likeness (QED) is 0.212. The van der Waals surface area contributed by atoms with Crippen LogP contribution in [0.3, 0.4) is 0 Å². The number of nitrogens with one attached hydrogen (secondary N) is 1. The lowest BCUT2D eigenvalue weighted by Gasteiger charge is -2.22. The molecule has 0 radical (unpaired) electrons. The summed E-state index contributed by atoms with van der Waals surface area (Å²) in [6.07, 6.45) is 5.77. The number of fused-ring (bicyclic) bond motifs is 1. The van der Waals surface area contributed by atoms with E-state index in [4.69, 9.17) is 4.74 Å². The first kappa shape index (κ1) is 21.7. The molecule has 5 nitrogen and oxygen atoms in total. The van der Waals surface area contributed by atoms with Crippen LogP contribution < -0.4 is 10.2 Å². The number of hydrogen-bond acceptors (Lipinski definition) is 3. The van der Waals surface area contributed by atoms with E-state index in [0.29, 0.717) is 13.0 Å². The molecule has 2 rings (SSSR count). The van der Waals surface area contributed by atoms with E-state index in [0.717, 1.165) is 51.2 Å². The van der Waals surface area contributed by atoms with Crippen molar-refractivity contribution in [1.29, 1.82) is 0 Å². The molecule has 0 unspecified atom stereocenters. The fourth-order valence-corrected chi connectivity index (χ4v) is 3.03. The fourth-order valence-electron chi connectivity index (χ4n) is 3.03. The number of rotatable bonds is 8. The lowest BCUT2D eigenvalue weighted by atomic mass is 10.1. The first-order chi connectivity index (χ1) is 11.8. The Morgan fingerprint density at radius 3 is 2.76 bits per heavy atom. The molecule has 6 heteroatoms. The number of unbranched alkanes of at least 4 members (excludes halogenated alkanes) is 3. The van der Waals surface area contributed by atoms with E-state index < -0.39 is 0 Å². The standard InChI is InChI=1S/C19H29N3O2.HI/c1-3-24-18(23)12-6-4-5-9-14-21-19(20-2)22-15-13-16-10-7-8-11-17(16)22;/h7-8,10-11H,3-6,9,12-15H2,1-2H3,(H,20,21);1H. The number of aliphatic imine (C=N–C) groups is 1. The number of nitrogens with zero attached hydrogens (tertiary/aromatic N) is 2. The topological polar surface area (TPSA) is 53.9 Å². The summed E-state index contributed by atoms with van der Waals surface area (Å²) in [6.45, 7) is 4.21. The molecule has 0 saturated heterocycles. The summed E-state index contributed by atoms with van der Waals surface area (Å²) in [4.78, 5) is 17.9. The largest absolute Gasteiger partial charge is 0.466 e. The van der Waals surface area contributed by atoms with Gasteiger partial charge in [0.15, 0.2) is 5.96 Å². The van der Waals surface area contributed by atoms with Gasteiger partial charge < -0.3 is 15.0 Å². The van der Waals surface area contributed by atoms with Gasteiger partial charge in [0.2, 0.25) is 0 Å². The molecule has 1 aromatic rings. The van der Waals surface area contributed by atoms with Gasteiger partial charge in [-0.1, -0.05) is 31.0 Å². The van der Waals surface area contributed by atoms with E-state index in [9.17, 15) is 4.79 Å². The van der Waals surface area contributed by atoms with E-state index in [-0.39, 0.29) is 29.9 Å². The number of anilines is 1. The van der Waals surface area contributed by atoms with Crippen molar-refractivity contribution in [2.45, 2.75) is 45.4 Å². The molecular weight excluding hydrogens is 429 g/mol. The van der Waals surface area contributed by atoms with Gasteiger partial charge in [0.25, 0.3) is 0 Å². The van der Waals surface area contributed by atoms with Crippen molar-refractivity contribution >= 4 is 41.6 Å². The van der Waals surface area contributed by atoms with E-state index in [1.165, 1.54) is 11.3 Å². The minimum absolute atomic E-state index is 0. The molecular formula is C19H30IN3O2. The molecule has 25 heavy (non-hydrogen) atoms. The number of benzene rings is 1. The predicted molar refractivity (Wildman–Crippen MR) is 114 cm³/mol. The number of carbonyl (C=O) groups excluding carboxylic acids is 1. The summed E-state index contributed by atoms with van der Waals surface area (Å²) in [5.41, 5.74) is 2.65. The third kappa shape index (κ3) is 6.84. The molecule has 0 atom stereocenters. The average Bonchev–Trinajstić information content (AvgIpc) is 3.02. The highest BCUT2D eigenvalue weighted by Crippen LogP contribution is 2.27. The number of halogens is 1. The van der Waals surface area contributed by atoms with Crippen LogP contribution in [0.1, 0.15) is 44.6 Å². The number of guanidine groups is 1. The van der Waals surface area contributed by atoms with Crippen LogP contribution in [0.25, 0.3) is 0 Å². The van der Waals surface area contributed by atoms with E-state index in [1.807, 2.05) is 14.0 Å². The summed E-state index contributed by atoms with van der Waals surface area (Å²) >= 11 is 0. The average molecular weight is 459 g/mol. The molecule has 1 heterocycles. The van der Waals surface area contributed by atoms with Crippen molar-refractivity contribution in [3.8, 4) is 0 Å². The molecule has 0 amide bonds. The van der Waals surface area contributed by atoms with Crippen molar-refractivity contribution < 1.29 is 9.53 Å². The third-order valence-corrected chi connectivity index (χ3v) is 4.25. The minimum atomic E-state index is -0.0799. The van der Waals surface area contributed by atoms with Gasteiger partial charge >= 0.3 is 5.97 Å². The van der Waals surface area contributed by atoms with Crippen molar-refractivity contribution in [2.75, 3.05) is 31.6 Å². The SMILES string of the molecule is CCOC(=O)CCCCCCNC(=NC)N1CCc2ccccc21.I. The third-order valence-electron chi connectivity index (χ3n) is 4.25. The molecule has 0 saturated carbocycles. The lowest BCUT2D eigenvalue weighted by molar-refractivity contribution is -0.143. The summed E-state index contributed by atoms with van der Waals surface area (Å²) < 4.78 is 4.93. The van der Waals surface area contributed by atoms with Crippen molar-refractivity contribution in [2.24, 2.45) is 4.99 Å². The van der Waals surface area contributed by atoms with Gasteiger partial charge in [-0.05, 0) is 37.8 Å². The van der Waals surface area contributed by atoms with E-state index in [1.54, 1.807) is 0 Å². The van der Waals surface area contributed by atoms with Gasteiger partial charge in [-0.3, -0.25) is 9.79 Å². The molecule has 140 valence electrons. The minimum Gasteiger partial charge on any atom is -0.466 e. The molecule has 1 aliphatic heterocycles. The molecule has 1 aromatic carbocycles. The van der Waals surface area contributed by atoms with Crippen LogP contribution in [0.4, 0.5) is 5.69 Å². The first-order valence-corrected chi connectivity index (χ1v) is 8.98. The summed E-state index contributed by atoms with van der Waals surface area (Å²) in [7, 11) is 1.84. The van der Waals surface area contributed by atoms with Crippen LogP contribution in [0.15, 0.2) is 29.3 Å². The highest BCUT2D eigenvalue weighted by molar-refractivity contribution is 14.0. The van der Waals surface area contributed by atoms with Crippen LogP contribution in [-0.4, -0.2) is 38.7 Å². The van der Waals surface area contributed by atoms with Crippen molar-refractivity contribution in [3.63, 3.8) is 0 Å². The van der Waals surface area contributed by atoms with Crippen LogP contribution in [0.2, 0.25) is 0 Å². The zero-order valence-electron chi connectivity index (χ0n) is 15.3. The van der Waals surface area contributed by atoms with Gasteiger partial charge in [0.1, 0.15) is 0 Å². The van der Waals surface area contributed by atoms with Gasteiger partial charge in [0.05, 0.1) is 6.61 Å². The van der Waals surface area contributed by atoms with E-state index >= 15 is 0 Å². The zero-order chi connectivity index (χ0) is 17.2. The Hall–Kier alpha value is -1.31. The Kier molecular flexibility index (Phi) is 10.5. The Morgan fingerprint density at radius 1 is 1.24 bits per heavy atom. The molecule has 1 aliphatic rings. The van der Waals surface area contributed by atoms with Crippen molar-refractivity contribution in [3.05, 3.63) is 29.8 Å². The normalized spacial score (nSPS) is 13.2. The molecule has 0 aliphatic carbocycles. The summed E-state index contributed by atoms with van der Waals surface area (Å²) in [5, 5.41) is 3.46. The maximum Gasteiger partial charge on any atom is 0.305 e. The maximum atomic E-state index is 11.3. The second kappa shape index (κ2) is 12.1. The Bertz CT molecular complexity index is 563. The summed E-state index contributed by atoms with van der Waals surface area (Å²) in [6, 6.07) is 8.51. The second-order valence-electron chi connectivity index (χ2n) is 5.97. The predicted octanol–water partition coefficient (Wildman–Crippen LogP) is 3.76. The highest BCUT2D eigenvalue weighted by Gasteiger charge is 2.21. The van der Waals surface area contributed by atoms with Gasteiger partial charge in [-0.25, -0.2) is 0 Å². The maximum absolute atomic E-state index is 11.3. The van der Waals surface area contributed by atoms with Crippen LogP contribution >= 0.6 is 24.0 Å². The monoisotopic (exact) mass is 459 g/mol. The summed E-state index contributed by atoms with van der Waals surface area (Å²) in [5.74, 6) is 0.871. The van der Waals surface area contributed by atoms with Crippen LogP contribution in [-0.2, 0) is 16.0 Å². The zero-order valence-corrected chi connectivity index (χ0v) is 17.6. The fraction of sp³-hybridized carbons (Fsp3) is 0.579.